The van der Waals surface area contributed by atoms with Gasteiger partial charge in [0.15, 0.2) is 5.82 Å². The zero-order valence-corrected chi connectivity index (χ0v) is 33.0. The van der Waals surface area contributed by atoms with Crippen molar-refractivity contribution in [2.24, 2.45) is 11.3 Å². The molecule has 2 saturated heterocycles. The van der Waals surface area contributed by atoms with Crippen molar-refractivity contribution in [1.29, 1.82) is 5.26 Å². The predicted octanol–water partition coefficient (Wildman–Crippen LogP) is 7.16. The van der Waals surface area contributed by atoms with Crippen LogP contribution in [0, 0.1) is 46.6 Å². The van der Waals surface area contributed by atoms with Crippen molar-refractivity contribution in [3.8, 4) is 47.3 Å². The molecule has 0 bridgehead atoms. The molecule has 1 aliphatic carbocycles. The van der Waals surface area contributed by atoms with Crippen molar-refractivity contribution in [2.75, 3.05) is 57.9 Å². The first-order valence-corrected chi connectivity index (χ1v) is 19.7. The molecule has 2 aromatic carbocycles. The van der Waals surface area contributed by atoms with Gasteiger partial charge in [0.2, 0.25) is 5.88 Å². The van der Waals surface area contributed by atoms with Crippen LogP contribution in [0.3, 0.4) is 0 Å². The number of terminal acetylenes is 1. The number of piperazine rings is 1. The predicted molar refractivity (Wildman–Crippen MR) is 210 cm³/mol. The summed E-state index contributed by atoms with van der Waals surface area (Å²) in [6, 6.07) is 5.38. The number of pyridine rings is 1. The monoisotopic (exact) mass is 820 g/mol. The molecule has 4 aromatic rings. The number of anilines is 1. The minimum absolute atomic E-state index is 0.0135. The summed E-state index contributed by atoms with van der Waals surface area (Å²) < 4.78 is 84.0. The second kappa shape index (κ2) is 16.5. The average Bonchev–Trinajstić information content (AvgIpc) is 4.00. The smallest absolute Gasteiger partial charge is 0.405 e. The van der Waals surface area contributed by atoms with E-state index in [2.05, 4.69) is 26.9 Å². The number of urea groups is 1. The van der Waals surface area contributed by atoms with Crippen LogP contribution in [0.5, 0.6) is 17.6 Å². The van der Waals surface area contributed by atoms with E-state index >= 15 is 8.78 Å². The van der Waals surface area contributed by atoms with E-state index in [9.17, 15) is 28.3 Å². The SMILES string of the molecule is C#Cc1c(F)ccc2cc(O)cc(-c3nc(OC)c4c(N5CC(CC)N(C(=O)NCC(F)(F)F)C(CC)C5)nc(OCC5(CN6CCC(C#N)CC6)CC5)nc4c3F)c12. The minimum Gasteiger partial charge on any atom is -0.508 e. The molecule has 17 heteroatoms. The Kier molecular flexibility index (Phi) is 11.6. The number of fused-ring (bicyclic) bond motifs is 2. The van der Waals surface area contributed by atoms with Crippen molar-refractivity contribution in [3.63, 3.8) is 0 Å². The number of likely N-dealkylation sites (tertiary alicyclic amines) is 1. The topological polar surface area (TPSA) is 140 Å². The van der Waals surface area contributed by atoms with E-state index in [1.165, 1.54) is 30.2 Å². The normalized spacial score (nSPS) is 19.7. The largest absolute Gasteiger partial charge is 0.508 e. The quantitative estimate of drug-likeness (QED) is 0.118. The van der Waals surface area contributed by atoms with Crippen molar-refractivity contribution >= 4 is 33.5 Å². The zero-order valence-electron chi connectivity index (χ0n) is 33.0. The van der Waals surface area contributed by atoms with Gasteiger partial charge >= 0.3 is 18.2 Å². The highest BCUT2D eigenvalue weighted by Gasteiger charge is 2.46. The van der Waals surface area contributed by atoms with E-state index in [1.807, 2.05) is 24.1 Å². The number of methoxy groups -OCH3 is 1. The molecule has 0 spiro atoms. The maximum absolute atomic E-state index is 17.4. The highest BCUT2D eigenvalue weighted by molar-refractivity contribution is 6.04. The molecule has 2 amide bonds. The fourth-order valence-electron chi connectivity index (χ4n) is 8.39. The van der Waals surface area contributed by atoms with Crippen molar-refractivity contribution in [3.05, 3.63) is 41.5 Å². The molecule has 3 fully saturated rings. The summed E-state index contributed by atoms with van der Waals surface area (Å²) >= 11 is 0. The number of phenolic OH excluding ortho intramolecular Hbond substituents is 1. The Morgan fingerprint density at radius 2 is 1.76 bits per heavy atom. The molecule has 2 unspecified atom stereocenters. The van der Waals surface area contributed by atoms with Gasteiger partial charge in [0.25, 0.3) is 0 Å². The van der Waals surface area contributed by atoms with Gasteiger partial charge in [-0.15, -0.1) is 6.42 Å². The number of amides is 2. The van der Waals surface area contributed by atoms with Crippen LogP contribution in [0.4, 0.5) is 32.6 Å². The lowest BCUT2D eigenvalue weighted by Gasteiger charge is -2.47. The number of nitrogens with one attached hydrogen (secondary N) is 1. The summed E-state index contributed by atoms with van der Waals surface area (Å²) in [5.74, 6) is 0.492. The summed E-state index contributed by atoms with van der Waals surface area (Å²) in [7, 11) is 1.33. The molecule has 4 heterocycles. The number of rotatable bonds is 11. The summed E-state index contributed by atoms with van der Waals surface area (Å²) in [5, 5.41) is 22.6. The molecule has 7 rings (SSSR count). The third kappa shape index (κ3) is 8.44. The number of benzene rings is 2. The van der Waals surface area contributed by atoms with E-state index in [0.717, 1.165) is 51.4 Å². The fraction of sp³-hybridized carbons (Fsp3) is 0.500. The van der Waals surface area contributed by atoms with Gasteiger partial charge in [-0.2, -0.15) is 28.4 Å². The van der Waals surface area contributed by atoms with E-state index < -0.39 is 42.5 Å². The number of alkyl halides is 3. The van der Waals surface area contributed by atoms with Gasteiger partial charge in [-0.3, -0.25) is 0 Å². The van der Waals surface area contributed by atoms with Crippen LogP contribution in [-0.4, -0.2) is 107 Å². The van der Waals surface area contributed by atoms with Gasteiger partial charge in [0.05, 0.1) is 37.4 Å². The minimum atomic E-state index is -4.60. The number of aromatic nitrogens is 3. The van der Waals surface area contributed by atoms with Gasteiger partial charge in [-0.05, 0) is 75.2 Å². The van der Waals surface area contributed by atoms with Crippen LogP contribution < -0.4 is 19.7 Å². The van der Waals surface area contributed by atoms with E-state index in [-0.39, 0.29) is 87.6 Å². The van der Waals surface area contributed by atoms with Crippen molar-refractivity contribution in [2.45, 2.75) is 70.6 Å². The van der Waals surface area contributed by atoms with Crippen LogP contribution in [0.25, 0.3) is 32.9 Å². The van der Waals surface area contributed by atoms with E-state index in [1.54, 1.807) is 0 Å². The van der Waals surface area contributed by atoms with Crippen LogP contribution in [0.15, 0.2) is 24.3 Å². The molecule has 1 saturated carbocycles. The number of phenols is 1. The number of nitrogens with zero attached hydrogens (tertiary/aromatic N) is 7. The zero-order chi connectivity index (χ0) is 42.2. The van der Waals surface area contributed by atoms with Gasteiger partial charge in [-0.25, -0.2) is 18.6 Å². The first-order valence-electron chi connectivity index (χ1n) is 19.7. The molecule has 2 aliphatic heterocycles. The number of aromatic hydroxyl groups is 1. The molecule has 2 N–H and O–H groups in total. The summed E-state index contributed by atoms with van der Waals surface area (Å²) in [6.07, 6.45) is 5.24. The molecule has 2 aromatic heterocycles. The second-order valence-corrected chi connectivity index (χ2v) is 15.7. The van der Waals surface area contributed by atoms with Crippen molar-refractivity contribution < 1.29 is 41.3 Å². The van der Waals surface area contributed by atoms with Crippen LogP contribution >= 0.6 is 0 Å². The van der Waals surface area contributed by atoms with Gasteiger partial charge in [0, 0.05) is 41.9 Å². The Morgan fingerprint density at radius 3 is 2.36 bits per heavy atom. The molecular formula is C42H45F5N8O4. The molecular weight excluding hydrogens is 776 g/mol. The highest BCUT2D eigenvalue weighted by Crippen LogP contribution is 2.48. The number of carbonyl (C=O) groups excluding carboxylic acids is 1. The first-order chi connectivity index (χ1) is 28.2. The van der Waals surface area contributed by atoms with E-state index in [4.69, 9.17) is 20.9 Å². The number of halogens is 5. The fourth-order valence-corrected chi connectivity index (χ4v) is 8.39. The number of nitriles is 1. The lowest BCUT2D eigenvalue weighted by Crippen LogP contribution is -2.63. The van der Waals surface area contributed by atoms with Crippen LogP contribution in [0.1, 0.15) is 57.9 Å². The summed E-state index contributed by atoms with van der Waals surface area (Å²) in [4.78, 5) is 32.8. The Hall–Kier alpha value is -5.68. The Labute approximate surface area is 338 Å². The Balaban J connectivity index is 1.33. The molecule has 2 atom stereocenters. The maximum Gasteiger partial charge on any atom is 0.405 e. The third-order valence-electron chi connectivity index (χ3n) is 11.7. The number of carbonyl (C=O) groups is 1. The van der Waals surface area contributed by atoms with Gasteiger partial charge in [0.1, 0.15) is 40.5 Å². The second-order valence-electron chi connectivity index (χ2n) is 15.7. The number of piperidine rings is 1. The molecule has 59 heavy (non-hydrogen) atoms. The number of ether oxygens (including phenoxy) is 2. The first kappa shape index (κ1) is 41.5. The van der Waals surface area contributed by atoms with Crippen LogP contribution in [-0.2, 0) is 0 Å². The van der Waals surface area contributed by atoms with Gasteiger partial charge < -0.3 is 34.6 Å². The maximum atomic E-state index is 17.4. The standard InChI is InChI=1S/C42H45F5N8O4/c1-5-26-19-54(20-27(6-2)55(26)40(57)49-21-42(45,46)47)37-33-36(51-39(52-37)59-23-41(12-13-41)22-53-14-10-24(18-48)11-15-53)34(44)35(50-38(33)58-4)30-17-28(56)16-25-8-9-31(43)29(7-3)32(25)30/h3,8-9,16-17,24,26-27,56H,5-6,10-15,19-23H2,1-2,4H3,(H,49,57). The van der Waals surface area contributed by atoms with Crippen LogP contribution in [0.2, 0.25) is 0 Å². The Morgan fingerprint density at radius 1 is 1.07 bits per heavy atom. The molecule has 12 nitrogen and oxygen atoms in total. The Bertz CT molecular complexity index is 2320. The molecule has 0 radical (unpaired) electrons. The van der Waals surface area contributed by atoms with E-state index in [0.29, 0.717) is 18.2 Å². The van der Waals surface area contributed by atoms with Crippen molar-refractivity contribution in [1.82, 2.24) is 30.1 Å². The summed E-state index contributed by atoms with van der Waals surface area (Å²) in [5.41, 5.74) is -0.970. The highest BCUT2D eigenvalue weighted by atomic mass is 19.4. The third-order valence-corrected chi connectivity index (χ3v) is 11.7. The van der Waals surface area contributed by atoms with Gasteiger partial charge in [-0.1, -0.05) is 25.8 Å². The summed E-state index contributed by atoms with van der Waals surface area (Å²) in [6.45, 7) is 4.92. The lowest BCUT2D eigenvalue weighted by atomic mass is 9.95. The lowest BCUT2D eigenvalue weighted by molar-refractivity contribution is -0.123. The molecule has 312 valence electrons. The number of hydrogen-bond donors (Lipinski definition) is 2. The number of hydrogen-bond acceptors (Lipinski definition) is 10. The average molecular weight is 821 g/mol. The molecule has 3 aliphatic rings.